The highest BCUT2D eigenvalue weighted by Crippen LogP contribution is 2.43. The molecule has 7 nitrogen and oxygen atoms in total. The van der Waals surface area contributed by atoms with Gasteiger partial charge in [0.2, 0.25) is 0 Å². The van der Waals surface area contributed by atoms with Crippen molar-refractivity contribution in [1.82, 2.24) is 24.3 Å². The molecule has 34 heavy (non-hydrogen) atoms. The Bertz CT molecular complexity index is 1440. The van der Waals surface area contributed by atoms with Crippen molar-refractivity contribution >= 4 is 28.3 Å². The third kappa shape index (κ3) is 3.61. The molecule has 1 aliphatic rings. The summed E-state index contributed by atoms with van der Waals surface area (Å²) >= 11 is 0. The average Bonchev–Trinajstić information content (AvgIpc) is 3.40. The predicted molar refractivity (Wildman–Crippen MR) is 116 cm³/mol. The zero-order chi connectivity index (χ0) is 24.4. The predicted octanol–water partition coefficient (Wildman–Crippen LogP) is 4.52. The second kappa shape index (κ2) is 7.37. The van der Waals surface area contributed by atoms with Gasteiger partial charge in [-0.1, -0.05) is 0 Å². The Kier molecular flexibility index (Phi) is 4.78. The molecule has 3 aromatic heterocycles. The maximum absolute atomic E-state index is 15.1. The third-order valence-corrected chi connectivity index (χ3v) is 6.32. The van der Waals surface area contributed by atoms with Crippen molar-refractivity contribution in [1.29, 1.82) is 0 Å². The second-order valence-corrected chi connectivity index (χ2v) is 8.77. The van der Waals surface area contributed by atoms with Gasteiger partial charge in [-0.3, -0.25) is 14.2 Å². The molecule has 0 atom stereocenters. The average molecular weight is 472 g/mol. The summed E-state index contributed by atoms with van der Waals surface area (Å²) in [4.78, 5) is 27.4. The number of imidazole rings is 1. The van der Waals surface area contributed by atoms with E-state index < -0.39 is 29.0 Å². The van der Waals surface area contributed by atoms with Crippen molar-refractivity contribution in [3.8, 4) is 0 Å². The Hall–Kier alpha value is -3.76. The first-order valence-electron chi connectivity index (χ1n) is 10.5. The van der Waals surface area contributed by atoms with Gasteiger partial charge in [0.25, 0.3) is 5.91 Å². The molecule has 1 saturated carbocycles. The van der Waals surface area contributed by atoms with Gasteiger partial charge in [-0.2, -0.15) is 13.2 Å². The van der Waals surface area contributed by atoms with E-state index in [-0.39, 0.29) is 29.1 Å². The van der Waals surface area contributed by atoms with Crippen LogP contribution < -0.4 is 5.73 Å². The molecule has 3 heterocycles. The van der Waals surface area contributed by atoms with E-state index in [4.69, 9.17) is 5.73 Å². The number of aromatic nitrogens is 4. The Morgan fingerprint density at radius 2 is 1.91 bits per heavy atom. The molecular formula is C23H20F4N6O. The number of alkyl halides is 3. The largest absolute Gasteiger partial charge is 0.417 e. The molecule has 1 fully saturated rings. The van der Waals surface area contributed by atoms with E-state index in [0.717, 1.165) is 18.3 Å². The van der Waals surface area contributed by atoms with Crippen LogP contribution in [-0.2, 0) is 12.7 Å². The Labute approximate surface area is 191 Å². The quantitative estimate of drug-likeness (QED) is 0.441. The van der Waals surface area contributed by atoms with Crippen molar-refractivity contribution in [3.63, 3.8) is 0 Å². The number of halogens is 4. The number of pyridine rings is 1. The number of amides is 1. The fourth-order valence-corrected chi connectivity index (χ4v) is 4.05. The van der Waals surface area contributed by atoms with Gasteiger partial charge in [-0.15, -0.1) is 0 Å². The van der Waals surface area contributed by atoms with Gasteiger partial charge in [0, 0.05) is 17.8 Å². The van der Waals surface area contributed by atoms with Crippen LogP contribution in [0.5, 0.6) is 0 Å². The van der Waals surface area contributed by atoms with Crippen LogP contribution in [0, 0.1) is 12.7 Å². The number of aryl methyl sites for hydroxylation is 1. The van der Waals surface area contributed by atoms with Gasteiger partial charge in [-0.25, -0.2) is 14.4 Å². The summed E-state index contributed by atoms with van der Waals surface area (Å²) in [5, 5.41) is 0. The van der Waals surface area contributed by atoms with E-state index in [2.05, 4.69) is 15.0 Å². The van der Waals surface area contributed by atoms with Crippen molar-refractivity contribution in [2.45, 2.75) is 44.9 Å². The molecule has 1 aromatic carbocycles. The smallest absolute Gasteiger partial charge is 0.382 e. The third-order valence-electron chi connectivity index (χ3n) is 6.32. The molecule has 1 amide bonds. The molecule has 0 spiro atoms. The minimum Gasteiger partial charge on any atom is -0.382 e. The lowest BCUT2D eigenvalue weighted by Gasteiger charge is -2.29. The molecule has 2 N–H and O–H groups in total. The number of rotatable bonds is 4. The number of hydrogen-bond donors (Lipinski definition) is 1. The summed E-state index contributed by atoms with van der Waals surface area (Å²) in [6.07, 6.45) is -0.838. The highest BCUT2D eigenvalue weighted by molar-refractivity contribution is 5.99. The van der Waals surface area contributed by atoms with Gasteiger partial charge in [0.1, 0.15) is 23.0 Å². The number of carbonyl (C=O) groups is 1. The van der Waals surface area contributed by atoms with Crippen LogP contribution in [0.15, 0.2) is 36.7 Å². The molecule has 0 saturated heterocycles. The minimum atomic E-state index is -4.51. The topological polar surface area (TPSA) is 89.4 Å². The van der Waals surface area contributed by atoms with Gasteiger partial charge >= 0.3 is 6.18 Å². The number of carbonyl (C=O) groups excluding carboxylic acids is 1. The standard InChI is InChI=1S/C23H20F4N6O/c1-12-29-10-19-20(28)31-17-8-16(24)15(7-18(17)33(12)19)21(34)32(22(2)5-6-22)11-14-4-3-13(9-30-14)23(25,26)27/h3-4,7-10H,5-6,11H2,1-2H3,(H2,28,31). The highest BCUT2D eigenvalue weighted by atomic mass is 19.4. The molecule has 5 rings (SSSR count). The summed E-state index contributed by atoms with van der Waals surface area (Å²) < 4.78 is 55.5. The van der Waals surface area contributed by atoms with Crippen LogP contribution in [0.1, 0.15) is 47.2 Å². The number of fused-ring (bicyclic) bond motifs is 3. The Balaban J connectivity index is 1.56. The summed E-state index contributed by atoms with van der Waals surface area (Å²) in [6.45, 7) is 3.56. The minimum absolute atomic E-state index is 0.0511. The number of anilines is 1. The van der Waals surface area contributed by atoms with Gasteiger partial charge in [0.15, 0.2) is 0 Å². The van der Waals surface area contributed by atoms with E-state index in [1.165, 1.54) is 17.0 Å². The van der Waals surface area contributed by atoms with Crippen LogP contribution >= 0.6 is 0 Å². The van der Waals surface area contributed by atoms with Gasteiger partial charge < -0.3 is 10.6 Å². The first-order chi connectivity index (χ1) is 16.0. The zero-order valence-electron chi connectivity index (χ0n) is 18.3. The van der Waals surface area contributed by atoms with Crippen LogP contribution in [0.4, 0.5) is 23.4 Å². The molecule has 0 radical (unpaired) electrons. The number of hydrogen-bond acceptors (Lipinski definition) is 5. The zero-order valence-corrected chi connectivity index (χ0v) is 18.3. The lowest BCUT2D eigenvalue weighted by atomic mass is 10.1. The molecule has 0 aliphatic heterocycles. The second-order valence-electron chi connectivity index (χ2n) is 8.77. The van der Waals surface area contributed by atoms with E-state index in [0.29, 0.717) is 29.7 Å². The van der Waals surface area contributed by atoms with Crippen LogP contribution in [-0.4, -0.2) is 35.7 Å². The normalized spacial score (nSPS) is 15.1. The maximum Gasteiger partial charge on any atom is 0.417 e. The SMILES string of the molecule is Cc1ncc2c(N)nc3cc(F)c(C(=O)N(Cc4ccc(C(F)(F)F)cn4)C4(C)CC4)cc3n12. The molecule has 176 valence electrons. The fourth-order valence-electron chi connectivity index (χ4n) is 4.05. The Morgan fingerprint density at radius 1 is 1.18 bits per heavy atom. The lowest BCUT2D eigenvalue weighted by Crippen LogP contribution is -2.40. The fraction of sp³-hybridized carbons (Fsp3) is 0.304. The van der Waals surface area contributed by atoms with Crippen molar-refractivity contribution in [3.05, 3.63) is 65.1 Å². The first kappa shape index (κ1) is 22.1. The lowest BCUT2D eigenvalue weighted by molar-refractivity contribution is -0.137. The molecule has 4 aromatic rings. The van der Waals surface area contributed by atoms with Gasteiger partial charge in [-0.05, 0) is 44.9 Å². The van der Waals surface area contributed by atoms with E-state index in [1.807, 2.05) is 6.92 Å². The van der Waals surface area contributed by atoms with Crippen molar-refractivity contribution in [2.24, 2.45) is 0 Å². The number of nitrogen functional groups attached to an aromatic ring is 1. The molecule has 11 heteroatoms. The summed E-state index contributed by atoms with van der Waals surface area (Å²) in [7, 11) is 0. The monoisotopic (exact) mass is 472 g/mol. The van der Waals surface area contributed by atoms with Crippen LogP contribution in [0.2, 0.25) is 0 Å². The van der Waals surface area contributed by atoms with E-state index >= 15 is 4.39 Å². The number of benzene rings is 1. The Morgan fingerprint density at radius 3 is 2.53 bits per heavy atom. The molecular weight excluding hydrogens is 452 g/mol. The van der Waals surface area contributed by atoms with Crippen molar-refractivity contribution < 1.29 is 22.4 Å². The highest BCUT2D eigenvalue weighted by Gasteiger charge is 2.46. The van der Waals surface area contributed by atoms with E-state index in [1.54, 1.807) is 17.5 Å². The molecule has 0 unspecified atom stereocenters. The summed E-state index contributed by atoms with van der Waals surface area (Å²) in [6, 6.07) is 4.73. The van der Waals surface area contributed by atoms with Gasteiger partial charge in [0.05, 0.1) is 40.6 Å². The molecule has 0 bridgehead atoms. The first-order valence-corrected chi connectivity index (χ1v) is 10.5. The van der Waals surface area contributed by atoms with Crippen molar-refractivity contribution in [2.75, 3.05) is 5.73 Å². The number of nitrogens with two attached hydrogens (primary N) is 1. The summed E-state index contributed by atoms with van der Waals surface area (Å²) in [5.74, 6) is -0.564. The van der Waals surface area contributed by atoms with Crippen LogP contribution in [0.25, 0.3) is 16.6 Å². The summed E-state index contributed by atoms with van der Waals surface area (Å²) in [5.41, 5.74) is 5.94. The number of nitrogens with zero attached hydrogens (tertiary/aromatic N) is 5. The molecule has 1 aliphatic carbocycles. The van der Waals surface area contributed by atoms with E-state index in [9.17, 15) is 18.0 Å². The maximum atomic E-state index is 15.1. The van der Waals surface area contributed by atoms with Crippen LogP contribution in [0.3, 0.4) is 0 Å².